The van der Waals surface area contributed by atoms with Crippen LogP contribution in [-0.4, -0.2) is 30.3 Å². The molecule has 1 aromatic heterocycles. The number of nitrogens with zero attached hydrogens (tertiary/aromatic N) is 1. The predicted octanol–water partition coefficient (Wildman–Crippen LogP) is 3.56. The van der Waals surface area contributed by atoms with E-state index >= 15 is 0 Å². The number of carbonyl (C=O) groups excluding carboxylic acids is 1. The van der Waals surface area contributed by atoms with Gasteiger partial charge >= 0.3 is 0 Å². The maximum Gasteiger partial charge on any atom is 0.151 e. The zero-order valence-electron chi connectivity index (χ0n) is 12.4. The lowest BCUT2D eigenvalue weighted by atomic mass is 10.1. The first-order valence-corrected chi connectivity index (χ1v) is 7.92. The van der Waals surface area contributed by atoms with Crippen molar-refractivity contribution < 1.29 is 9.18 Å². The van der Waals surface area contributed by atoms with Crippen molar-refractivity contribution in [2.75, 3.05) is 13.6 Å². The van der Waals surface area contributed by atoms with Crippen LogP contribution in [0, 0.1) is 5.82 Å². The van der Waals surface area contributed by atoms with E-state index in [1.807, 2.05) is 18.0 Å². The Bertz CT molecular complexity index is 582. The van der Waals surface area contributed by atoms with Gasteiger partial charge in [-0.05, 0) is 43.5 Å². The van der Waals surface area contributed by atoms with E-state index in [4.69, 9.17) is 0 Å². The van der Waals surface area contributed by atoms with Crippen molar-refractivity contribution in [2.45, 2.75) is 25.8 Å². The normalized spacial score (nSPS) is 12.6. The molecule has 0 spiro atoms. The van der Waals surface area contributed by atoms with E-state index in [9.17, 15) is 9.18 Å². The number of likely N-dealkylation sites (N-methyl/N-ethyl adjacent to an activating group) is 1. The molecule has 1 atom stereocenters. The molecule has 0 fully saturated rings. The van der Waals surface area contributed by atoms with Crippen LogP contribution in [0.5, 0.6) is 0 Å². The smallest absolute Gasteiger partial charge is 0.151 e. The van der Waals surface area contributed by atoms with Crippen LogP contribution in [0.2, 0.25) is 0 Å². The third-order valence-corrected chi connectivity index (χ3v) is 4.50. The first-order chi connectivity index (χ1) is 10.1. The summed E-state index contributed by atoms with van der Waals surface area (Å²) in [5.41, 5.74) is 0.474. The number of hydrogen-bond donors (Lipinski definition) is 0. The molecular weight excluding hydrogens is 285 g/mol. The van der Waals surface area contributed by atoms with Gasteiger partial charge in [0.2, 0.25) is 0 Å². The Balaban J connectivity index is 1.85. The Morgan fingerprint density at radius 1 is 1.29 bits per heavy atom. The molecular formula is C17H20FNOS. The highest BCUT2D eigenvalue weighted by Gasteiger charge is 2.15. The fourth-order valence-electron chi connectivity index (χ4n) is 2.22. The van der Waals surface area contributed by atoms with E-state index < -0.39 is 0 Å². The van der Waals surface area contributed by atoms with Crippen LogP contribution in [0.3, 0.4) is 0 Å². The van der Waals surface area contributed by atoms with Gasteiger partial charge in [0.05, 0.1) is 6.54 Å². The Kier molecular flexibility index (Phi) is 5.65. The largest absolute Gasteiger partial charge is 0.298 e. The summed E-state index contributed by atoms with van der Waals surface area (Å²) in [6, 6.07) is 10.9. The fraction of sp³-hybridized carbons (Fsp3) is 0.353. The first-order valence-electron chi connectivity index (χ1n) is 7.04. The predicted molar refractivity (Wildman–Crippen MR) is 85.2 cm³/mol. The third kappa shape index (κ3) is 4.76. The molecule has 0 aliphatic carbocycles. The maximum atomic E-state index is 13.5. The average Bonchev–Trinajstić information content (AvgIpc) is 2.94. The van der Waals surface area contributed by atoms with Gasteiger partial charge in [-0.2, -0.15) is 0 Å². The summed E-state index contributed by atoms with van der Waals surface area (Å²) < 4.78 is 13.5. The van der Waals surface area contributed by atoms with Gasteiger partial charge in [0.15, 0.2) is 5.78 Å². The van der Waals surface area contributed by atoms with E-state index in [0.29, 0.717) is 12.1 Å². The van der Waals surface area contributed by atoms with Crippen molar-refractivity contribution in [3.63, 3.8) is 0 Å². The fourth-order valence-corrected chi connectivity index (χ4v) is 3.05. The van der Waals surface area contributed by atoms with Crippen molar-refractivity contribution in [1.29, 1.82) is 0 Å². The first kappa shape index (κ1) is 15.9. The second-order valence-corrected chi connectivity index (χ2v) is 6.39. The average molecular weight is 305 g/mol. The molecule has 2 aromatic rings. The van der Waals surface area contributed by atoms with E-state index in [1.165, 1.54) is 10.9 Å². The Morgan fingerprint density at radius 2 is 2.05 bits per heavy atom. The highest BCUT2D eigenvalue weighted by atomic mass is 32.1. The molecule has 0 amide bonds. The lowest BCUT2D eigenvalue weighted by molar-refractivity contribution is -0.119. The summed E-state index contributed by atoms with van der Waals surface area (Å²) >= 11 is 1.73. The molecule has 0 radical (unpaired) electrons. The minimum Gasteiger partial charge on any atom is -0.298 e. The number of rotatable bonds is 7. The van der Waals surface area contributed by atoms with Crippen LogP contribution in [0.4, 0.5) is 4.39 Å². The monoisotopic (exact) mass is 305 g/mol. The Hall–Kier alpha value is -1.52. The van der Waals surface area contributed by atoms with Crippen LogP contribution in [-0.2, 0) is 17.6 Å². The second kappa shape index (κ2) is 7.48. The molecule has 2 nitrogen and oxygen atoms in total. The molecule has 1 heterocycles. The Labute approximate surface area is 129 Å². The number of ketones is 1. The van der Waals surface area contributed by atoms with Crippen molar-refractivity contribution in [3.8, 4) is 0 Å². The zero-order valence-corrected chi connectivity index (χ0v) is 13.2. The molecule has 0 aliphatic heterocycles. The highest BCUT2D eigenvalue weighted by molar-refractivity contribution is 7.09. The van der Waals surface area contributed by atoms with E-state index in [0.717, 1.165) is 6.42 Å². The topological polar surface area (TPSA) is 20.3 Å². The zero-order chi connectivity index (χ0) is 15.2. The molecule has 1 unspecified atom stereocenters. The number of hydrogen-bond acceptors (Lipinski definition) is 3. The molecule has 2 rings (SSSR count). The maximum absolute atomic E-state index is 13.5. The van der Waals surface area contributed by atoms with Gasteiger partial charge in [-0.1, -0.05) is 24.3 Å². The van der Waals surface area contributed by atoms with Crippen LogP contribution in [0.1, 0.15) is 17.4 Å². The number of Topliss-reactive ketones (excluding diaryl/α,β-unsaturated/α-hetero) is 1. The molecule has 112 valence electrons. The van der Waals surface area contributed by atoms with Crippen LogP contribution >= 0.6 is 11.3 Å². The lowest BCUT2D eigenvalue weighted by Gasteiger charge is -2.23. The summed E-state index contributed by atoms with van der Waals surface area (Å²) in [6.45, 7) is 2.46. The van der Waals surface area contributed by atoms with Gasteiger partial charge in [0, 0.05) is 17.3 Å². The summed E-state index contributed by atoms with van der Waals surface area (Å²) in [7, 11) is 1.94. The van der Waals surface area contributed by atoms with E-state index in [-0.39, 0.29) is 24.1 Å². The van der Waals surface area contributed by atoms with Gasteiger partial charge in [-0.25, -0.2) is 4.39 Å². The van der Waals surface area contributed by atoms with Crippen molar-refractivity contribution in [1.82, 2.24) is 4.90 Å². The molecule has 0 saturated carbocycles. The molecule has 4 heteroatoms. The number of carbonyl (C=O) groups is 1. The third-order valence-electron chi connectivity index (χ3n) is 3.60. The minimum atomic E-state index is -0.305. The van der Waals surface area contributed by atoms with E-state index in [2.05, 4.69) is 18.4 Å². The lowest BCUT2D eigenvalue weighted by Crippen LogP contribution is -2.35. The van der Waals surface area contributed by atoms with Gasteiger partial charge in [0.25, 0.3) is 0 Å². The molecule has 0 N–H and O–H groups in total. The quantitative estimate of drug-likeness (QED) is 0.779. The van der Waals surface area contributed by atoms with Gasteiger partial charge in [0.1, 0.15) is 5.82 Å². The second-order valence-electron chi connectivity index (χ2n) is 5.35. The van der Waals surface area contributed by atoms with Gasteiger partial charge < -0.3 is 0 Å². The van der Waals surface area contributed by atoms with Crippen molar-refractivity contribution in [3.05, 3.63) is 58.0 Å². The van der Waals surface area contributed by atoms with Crippen molar-refractivity contribution in [2.24, 2.45) is 0 Å². The van der Waals surface area contributed by atoms with Crippen molar-refractivity contribution >= 4 is 17.1 Å². The van der Waals surface area contributed by atoms with Crippen LogP contribution < -0.4 is 0 Å². The summed E-state index contributed by atoms with van der Waals surface area (Å²) in [6.07, 6.45) is 1.09. The summed E-state index contributed by atoms with van der Waals surface area (Å²) in [5, 5.41) is 2.06. The summed E-state index contributed by atoms with van der Waals surface area (Å²) in [5.74, 6) is -0.263. The SMILES string of the molecule is CC(Cc1cccs1)N(C)CC(=O)Cc1ccccc1F. The van der Waals surface area contributed by atoms with Gasteiger partial charge in [-0.3, -0.25) is 9.69 Å². The number of halogens is 1. The standard InChI is InChI=1S/C17H20FNOS/c1-13(10-16-7-5-9-21-16)19(2)12-15(20)11-14-6-3-4-8-17(14)18/h3-9,13H,10-12H2,1-2H3. The number of benzene rings is 1. The van der Waals surface area contributed by atoms with Crippen LogP contribution in [0.15, 0.2) is 41.8 Å². The molecule has 21 heavy (non-hydrogen) atoms. The molecule has 1 aromatic carbocycles. The van der Waals surface area contributed by atoms with Crippen LogP contribution in [0.25, 0.3) is 0 Å². The Morgan fingerprint density at radius 3 is 2.71 bits per heavy atom. The van der Waals surface area contributed by atoms with Gasteiger partial charge in [-0.15, -0.1) is 11.3 Å². The molecule has 0 bridgehead atoms. The molecule has 0 aliphatic rings. The minimum absolute atomic E-state index is 0.0422. The van der Waals surface area contributed by atoms with E-state index in [1.54, 1.807) is 29.5 Å². The number of thiophene rings is 1. The highest BCUT2D eigenvalue weighted by Crippen LogP contribution is 2.14. The summed E-state index contributed by atoms with van der Waals surface area (Å²) in [4.78, 5) is 15.4. The molecule has 0 saturated heterocycles.